The fourth-order valence-corrected chi connectivity index (χ4v) is 1.55. The van der Waals surface area contributed by atoms with Crippen LogP contribution >= 0.6 is 0 Å². The van der Waals surface area contributed by atoms with E-state index in [0.29, 0.717) is 13.0 Å². The molecule has 0 heterocycles. The van der Waals surface area contributed by atoms with Crippen molar-refractivity contribution >= 4 is 5.91 Å². The lowest BCUT2D eigenvalue weighted by molar-refractivity contribution is -0.130. The Hall–Kier alpha value is -1.55. The zero-order valence-corrected chi connectivity index (χ0v) is 10.5. The molecule has 0 bridgehead atoms. The molecule has 0 aliphatic heterocycles. The van der Waals surface area contributed by atoms with Crippen molar-refractivity contribution in [2.24, 2.45) is 0 Å². The minimum absolute atomic E-state index is 0.00364. The van der Waals surface area contributed by atoms with Crippen LogP contribution in [0.3, 0.4) is 0 Å². The first-order valence-corrected chi connectivity index (χ1v) is 5.58. The molecule has 1 atom stereocenters. The van der Waals surface area contributed by atoms with Crippen LogP contribution in [0.5, 0.6) is 5.75 Å². The number of hydrogen-bond donors (Lipinski definition) is 1. The highest BCUT2D eigenvalue weighted by Gasteiger charge is 2.11. The average molecular weight is 237 g/mol. The number of ether oxygens (including phenoxy) is 1. The van der Waals surface area contributed by atoms with Crippen LogP contribution in [0.15, 0.2) is 24.3 Å². The summed E-state index contributed by atoms with van der Waals surface area (Å²) in [4.78, 5) is 13.3. The van der Waals surface area contributed by atoms with Gasteiger partial charge in [0.1, 0.15) is 5.75 Å². The summed E-state index contributed by atoms with van der Waals surface area (Å²) in [7, 11) is 3.30. The molecule has 0 spiro atoms. The third kappa shape index (κ3) is 4.44. The van der Waals surface area contributed by atoms with Crippen LogP contribution in [0.25, 0.3) is 0 Å². The number of carbonyl (C=O) groups excluding carboxylic acids is 1. The number of hydrogen-bond acceptors (Lipinski definition) is 3. The summed E-state index contributed by atoms with van der Waals surface area (Å²) >= 11 is 0. The molecule has 4 nitrogen and oxygen atoms in total. The van der Waals surface area contributed by atoms with Crippen molar-refractivity contribution in [1.82, 2.24) is 4.90 Å². The van der Waals surface area contributed by atoms with Gasteiger partial charge < -0.3 is 14.7 Å². The Labute approximate surface area is 102 Å². The van der Waals surface area contributed by atoms with Gasteiger partial charge in [-0.15, -0.1) is 0 Å². The van der Waals surface area contributed by atoms with Crippen molar-refractivity contribution in [3.63, 3.8) is 0 Å². The number of nitrogens with zero attached hydrogens (tertiary/aromatic N) is 1. The summed E-state index contributed by atoms with van der Waals surface area (Å²) in [6.45, 7) is 2.02. The van der Waals surface area contributed by atoms with Gasteiger partial charge in [0.15, 0.2) is 0 Å². The molecule has 1 unspecified atom stereocenters. The van der Waals surface area contributed by atoms with E-state index in [1.165, 1.54) is 4.90 Å². The molecular weight excluding hydrogens is 218 g/mol. The predicted molar refractivity (Wildman–Crippen MR) is 66.0 cm³/mol. The summed E-state index contributed by atoms with van der Waals surface area (Å²) in [5.41, 5.74) is 0.938. The molecule has 0 aliphatic rings. The number of methoxy groups -OCH3 is 1. The van der Waals surface area contributed by atoms with Crippen LogP contribution in [0, 0.1) is 0 Å². The van der Waals surface area contributed by atoms with Crippen molar-refractivity contribution in [1.29, 1.82) is 0 Å². The average Bonchev–Trinajstić information content (AvgIpc) is 2.29. The van der Waals surface area contributed by atoms with Crippen molar-refractivity contribution in [3.8, 4) is 5.75 Å². The molecule has 1 aromatic rings. The lowest BCUT2D eigenvalue weighted by atomic mass is 10.1. The van der Waals surface area contributed by atoms with Crippen LogP contribution in [-0.4, -0.2) is 42.7 Å². The number of aliphatic hydroxyl groups excluding tert-OH is 1. The molecule has 0 radical (unpaired) electrons. The summed E-state index contributed by atoms with van der Waals surface area (Å²) in [5.74, 6) is 0.773. The fraction of sp³-hybridized carbons (Fsp3) is 0.462. The van der Waals surface area contributed by atoms with Crippen LogP contribution < -0.4 is 4.74 Å². The SMILES string of the molecule is COc1ccc(CC(=O)N(C)CC(C)O)cc1. The standard InChI is InChI=1S/C13H19NO3/c1-10(15)9-14(2)13(16)8-11-4-6-12(17-3)7-5-11/h4-7,10,15H,8-9H2,1-3H3. The zero-order chi connectivity index (χ0) is 12.8. The van der Waals surface area contributed by atoms with Gasteiger partial charge in [0.2, 0.25) is 5.91 Å². The van der Waals surface area contributed by atoms with Gasteiger partial charge in [0, 0.05) is 13.6 Å². The Morgan fingerprint density at radius 1 is 1.41 bits per heavy atom. The van der Waals surface area contributed by atoms with E-state index in [-0.39, 0.29) is 5.91 Å². The molecule has 17 heavy (non-hydrogen) atoms. The smallest absolute Gasteiger partial charge is 0.226 e. The number of aliphatic hydroxyl groups is 1. The molecule has 0 aromatic heterocycles. The van der Waals surface area contributed by atoms with Crippen LogP contribution in [-0.2, 0) is 11.2 Å². The van der Waals surface area contributed by atoms with E-state index in [1.54, 1.807) is 21.1 Å². The first kappa shape index (κ1) is 13.5. The molecule has 0 saturated carbocycles. The number of carbonyl (C=O) groups is 1. The third-order valence-electron chi connectivity index (χ3n) is 2.48. The Morgan fingerprint density at radius 2 is 2.00 bits per heavy atom. The maximum Gasteiger partial charge on any atom is 0.226 e. The van der Waals surface area contributed by atoms with E-state index in [1.807, 2.05) is 24.3 Å². The summed E-state index contributed by atoms with van der Waals surface area (Å²) in [5, 5.41) is 9.20. The van der Waals surface area contributed by atoms with Crippen molar-refractivity contribution in [2.75, 3.05) is 20.7 Å². The Balaban J connectivity index is 2.55. The van der Waals surface area contributed by atoms with E-state index in [0.717, 1.165) is 11.3 Å². The molecule has 1 rings (SSSR count). The lowest BCUT2D eigenvalue weighted by Gasteiger charge is -2.18. The van der Waals surface area contributed by atoms with Gasteiger partial charge in [-0.3, -0.25) is 4.79 Å². The first-order chi connectivity index (χ1) is 8.02. The maximum atomic E-state index is 11.8. The van der Waals surface area contributed by atoms with E-state index in [9.17, 15) is 9.90 Å². The summed E-state index contributed by atoms with van der Waals surface area (Å²) in [6.07, 6.45) is -0.160. The second kappa shape index (κ2) is 6.25. The van der Waals surface area contributed by atoms with Crippen LogP contribution in [0.4, 0.5) is 0 Å². The number of likely N-dealkylation sites (N-methyl/N-ethyl adjacent to an activating group) is 1. The van der Waals surface area contributed by atoms with Gasteiger partial charge in [0.25, 0.3) is 0 Å². The Morgan fingerprint density at radius 3 is 2.47 bits per heavy atom. The van der Waals surface area contributed by atoms with Crippen molar-refractivity contribution in [2.45, 2.75) is 19.4 Å². The number of benzene rings is 1. The van der Waals surface area contributed by atoms with Gasteiger partial charge in [-0.25, -0.2) is 0 Å². The van der Waals surface area contributed by atoms with E-state index in [4.69, 9.17) is 4.74 Å². The van der Waals surface area contributed by atoms with Gasteiger partial charge in [-0.2, -0.15) is 0 Å². The number of rotatable bonds is 5. The van der Waals surface area contributed by atoms with E-state index in [2.05, 4.69) is 0 Å². The topological polar surface area (TPSA) is 49.8 Å². The molecular formula is C13H19NO3. The monoisotopic (exact) mass is 237 g/mol. The molecule has 0 aliphatic carbocycles. The summed E-state index contributed by atoms with van der Waals surface area (Å²) < 4.78 is 5.05. The minimum atomic E-state index is -0.500. The predicted octanol–water partition coefficient (Wildman–Crippen LogP) is 1.08. The molecule has 4 heteroatoms. The minimum Gasteiger partial charge on any atom is -0.497 e. The fourth-order valence-electron chi connectivity index (χ4n) is 1.55. The largest absolute Gasteiger partial charge is 0.497 e. The van der Waals surface area contributed by atoms with Gasteiger partial charge in [0.05, 0.1) is 19.6 Å². The second-order valence-electron chi connectivity index (χ2n) is 4.15. The Bertz CT molecular complexity index is 359. The van der Waals surface area contributed by atoms with Crippen molar-refractivity contribution in [3.05, 3.63) is 29.8 Å². The van der Waals surface area contributed by atoms with E-state index < -0.39 is 6.10 Å². The van der Waals surface area contributed by atoms with Crippen molar-refractivity contribution < 1.29 is 14.6 Å². The highest BCUT2D eigenvalue weighted by molar-refractivity contribution is 5.78. The van der Waals surface area contributed by atoms with Crippen LogP contribution in [0.2, 0.25) is 0 Å². The molecule has 94 valence electrons. The normalized spacial score (nSPS) is 12.0. The molecule has 1 amide bonds. The molecule has 0 fully saturated rings. The van der Waals surface area contributed by atoms with Gasteiger partial charge in [-0.1, -0.05) is 12.1 Å². The van der Waals surface area contributed by atoms with Gasteiger partial charge >= 0.3 is 0 Å². The van der Waals surface area contributed by atoms with E-state index >= 15 is 0 Å². The summed E-state index contributed by atoms with van der Waals surface area (Å²) in [6, 6.07) is 7.40. The van der Waals surface area contributed by atoms with Crippen LogP contribution in [0.1, 0.15) is 12.5 Å². The first-order valence-electron chi connectivity index (χ1n) is 5.58. The maximum absolute atomic E-state index is 11.8. The van der Waals surface area contributed by atoms with Gasteiger partial charge in [-0.05, 0) is 24.6 Å². The zero-order valence-electron chi connectivity index (χ0n) is 10.5. The molecule has 1 N–H and O–H groups in total. The Kier molecular flexibility index (Phi) is 4.97. The third-order valence-corrected chi connectivity index (χ3v) is 2.48. The molecule has 1 aromatic carbocycles. The second-order valence-corrected chi connectivity index (χ2v) is 4.15. The highest BCUT2D eigenvalue weighted by Crippen LogP contribution is 2.12. The highest BCUT2D eigenvalue weighted by atomic mass is 16.5. The quantitative estimate of drug-likeness (QED) is 0.833. The number of amides is 1. The lowest BCUT2D eigenvalue weighted by Crippen LogP contribution is -2.34. The molecule has 0 saturated heterocycles.